The summed E-state index contributed by atoms with van der Waals surface area (Å²) in [7, 11) is -1.97. The monoisotopic (exact) mass is 789 g/mol. The molecule has 55 heavy (non-hydrogen) atoms. The predicted molar refractivity (Wildman–Crippen MR) is 204 cm³/mol. The number of pyridine rings is 1. The Morgan fingerprint density at radius 3 is 2.36 bits per heavy atom. The molecule has 2 aromatic carbocycles. The van der Waals surface area contributed by atoms with E-state index in [9.17, 15) is 18.0 Å². The fourth-order valence-electron chi connectivity index (χ4n) is 7.70. The zero-order chi connectivity index (χ0) is 38.5. The average Bonchev–Trinajstić information content (AvgIpc) is 3.75. The first kappa shape index (κ1) is 37.0. The molecule has 0 unspecified atom stereocenters. The van der Waals surface area contributed by atoms with Gasteiger partial charge in [0.1, 0.15) is 27.8 Å². The summed E-state index contributed by atoms with van der Waals surface area (Å²) in [4.78, 5) is 40.2. The number of carbonyl (C=O) groups is 2. The number of benzene rings is 2. The number of aryl methyl sites for hydroxylation is 2. The molecule has 0 radical (unpaired) electrons. The molecule has 0 aliphatic carbocycles. The van der Waals surface area contributed by atoms with Crippen molar-refractivity contribution in [3.8, 4) is 22.9 Å². The van der Waals surface area contributed by atoms with Gasteiger partial charge in [-0.15, -0.1) is 0 Å². The lowest BCUT2D eigenvalue weighted by Crippen LogP contribution is -2.54. The van der Waals surface area contributed by atoms with Crippen LogP contribution in [0.5, 0.6) is 11.5 Å². The quantitative estimate of drug-likeness (QED) is 0.196. The summed E-state index contributed by atoms with van der Waals surface area (Å²) in [5, 5.41) is 7.05. The largest absolute Gasteiger partial charge is 0.453 e. The Morgan fingerprint density at radius 2 is 1.71 bits per heavy atom. The van der Waals surface area contributed by atoms with Crippen LogP contribution in [0.4, 0.5) is 10.1 Å². The van der Waals surface area contributed by atoms with E-state index in [-0.39, 0.29) is 47.3 Å². The third kappa shape index (κ3) is 7.55. The Balaban J connectivity index is 0.846. The lowest BCUT2D eigenvalue weighted by molar-refractivity contribution is -0.134. The number of nitrogens with zero attached hydrogens (tertiary/aromatic N) is 7. The fourth-order valence-corrected chi connectivity index (χ4v) is 9.30. The molecule has 1 atom stereocenters. The Morgan fingerprint density at radius 1 is 1.00 bits per heavy atom. The molecule has 5 aromatic rings. The van der Waals surface area contributed by atoms with Gasteiger partial charge in [-0.05, 0) is 55.3 Å². The van der Waals surface area contributed by atoms with Crippen molar-refractivity contribution in [2.75, 3.05) is 50.7 Å². The van der Waals surface area contributed by atoms with E-state index in [1.165, 1.54) is 22.6 Å². The number of fused-ring (bicyclic) bond motifs is 1. The molecule has 288 valence electrons. The maximum Gasteiger partial charge on any atom is 0.243 e. The van der Waals surface area contributed by atoms with E-state index < -0.39 is 15.7 Å². The first-order chi connectivity index (χ1) is 26.3. The van der Waals surface area contributed by atoms with Crippen molar-refractivity contribution < 1.29 is 27.1 Å². The van der Waals surface area contributed by atoms with Gasteiger partial charge in [-0.3, -0.25) is 24.5 Å². The van der Waals surface area contributed by atoms with Crippen LogP contribution in [0.2, 0.25) is 5.02 Å². The second-order valence-electron chi connectivity index (χ2n) is 14.5. The van der Waals surface area contributed by atoms with Crippen LogP contribution < -0.4 is 15.0 Å². The first-order valence-corrected chi connectivity index (χ1v) is 20.1. The number of imide groups is 1. The summed E-state index contributed by atoms with van der Waals surface area (Å²) in [6, 6.07) is 13.9. The van der Waals surface area contributed by atoms with E-state index in [1.54, 1.807) is 16.8 Å². The summed E-state index contributed by atoms with van der Waals surface area (Å²) < 4.78 is 52.7. The summed E-state index contributed by atoms with van der Waals surface area (Å²) in [5.41, 5.74) is 2.99. The molecule has 2 amide bonds. The maximum atomic E-state index is 16.1. The van der Waals surface area contributed by atoms with Gasteiger partial charge in [0.05, 0.1) is 28.3 Å². The lowest BCUT2D eigenvalue weighted by Gasteiger charge is -2.42. The molecule has 3 aliphatic heterocycles. The molecule has 3 aromatic heterocycles. The van der Waals surface area contributed by atoms with Crippen LogP contribution >= 0.6 is 11.6 Å². The number of alkyl halides is 1. The number of sulfonamides is 1. The van der Waals surface area contributed by atoms with Gasteiger partial charge < -0.3 is 14.6 Å². The van der Waals surface area contributed by atoms with Crippen LogP contribution in [-0.4, -0.2) is 106 Å². The Labute approximate surface area is 322 Å². The van der Waals surface area contributed by atoms with E-state index in [0.29, 0.717) is 80.3 Å². The van der Waals surface area contributed by atoms with Crippen molar-refractivity contribution in [3.63, 3.8) is 0 Å². The van der Waals surface area contributed by atoms with E-state index in [1.807, 2.05) is 49.3 Å². The molecule has 3 saturated heterocycles. The number of H-pyrrole nitrogens is 1. The molecule has 0 spiro atoms. The number of nitrogens with one attached hydrogen (secondary N) is 2. The Hall–Kier alpha value is -4.90. The summed E-state index contributed by atoms with van der Waals surface area (Å²) >= 11 is 6.50. The fraction of sp³-hybridized carbons (Fsp3) is 0.395. The molecule has 3 aliphatic rings. The third-order valence-corrected chi connectivity index (χ3v) is 13.0. The average molecular weight is 790 g/mol. The van der Waals surface area contributed by atoms with Crippen molar-refractivity contribution in [2.45, 2.75) is 49.1 Å². The van der Waals surface area contributed by atoms with Gasteiger partial charge in [0.25, 0.3) is 0 Å². The number of ether oxygens (including phenoxy) is 1. The van der Waals surface area contributed by atoms with Crippen molar-refractivity contribution in [1.29, 1.82) is 0 Å². The topological polar surface area (TPSA) is 159 Å². The Kier molecular flexibility index (Phi) is 9.86. The van der Waals surface area contributed by atoms with Crippen LogP contribution in [-0.2, 0) is 26.7 Å². The number of anilines is 1. The number of hydrogen-bond donors (Lipinski definition) is 2. The first-order valence-electron chi connectivity index (χ1n) is 18.3. The second kappa shape index (κ2) is 14.6. The summed E-state index contributed by atoms with van der Waals surface area (Å²) in [5.74, 6) is 0.429. The van der Waals surface area contributed by atoms with Gasteiger partial charge in [-0.1, -0.05) is 23.7 Å². The smallest absolute Gasteiger partial charge is 0.243 e. The number of piperazine rings is 1. The van der Waals surface area contributed by atoms with Gasteiger partial charge in [0.15, 0.2) is 11.4 Å². The molecule has 0 bridgehead atoms. The van der Waals surface area contributed by atoms with Crippen LogP contribution in [0, 0.1) is 6.92 Å². The standard InChI is InChI=1S/C38H41ClFN9O5S/c1-24-30(22-46(2)45-24)35-43-33-34(31(39)21-41-36(33)44-35)54-27-7-9-28(10-8-27)55(52,53)49-19-17-47(18-20-49)23-38(40)13-15-48(16-14-38)26-5-3-25(4-6-26)29-11-12-32(50)42-37(29)51/h3-10,21-22,29H,11-20,23H2,1-2H3,(H,41,43,44)(H,42,50,51)/t29-/m0/s1. The number of halogens is 2. The number of aromatic nitrogens is 5. The number of carbonyl (C=O) groups excluding carboxylic acids is 2. The van der Waals surface area contributed by atoms with Crippen LogP contribution in [0.3, 0.4) is 0 Å². The van der Waals surface area contributed by atoms with Crippen LogP contribution in [0.1, 0.15) is 42.9 Å². The maximum absolute atomic E-state index is 16.1. The normalized spacial score (nSPS) is 19.9. The van der Waals surface area contributed by atoms with Gasteiger partial charge in [0.2, 0.25) is 21.8 Å². The highest BCUT2D eigenvalue weighted by Crippen LogP contribution is 2.37. The highest BCUT2D eigenvalue weighted by atomic mass is 35.5. The molecule has 2 N–H and O–H groups in total. The van der Waals surface area contributed by atoms with Crippen molar-refractivity contribution in [2.24, 2.45) is 7.05 Å². The van der Waals surface area contributed by atoms with Crippen LogP contribution in [0.25, 0.3) is 22.6 Å². The van der Waals surface area contributed by atoms with E-state index in [4.69, 9.17) is 16.3 Å². The third-order valence-electron chi connectivity index (χ3n) is 10.8. The minimum absolute atomic E-state index is 0.134. The molecular weight excluding hydrogens is 749 g/mol. The van der Waals surface area contributed by atoms with Gasteiger partial charge in [0, 0.05) is 84.0 Å². The van der Waals surface area contributed by atoms with Crippen molar-refractivity contribution in [3.05, 3.63) is 77.2 Å². The number of aromatic amines is 1. The van der Waals surface area contributed by atoms with Crippen LogP contribution in [0.15, 0.2) is 65.8 Å². The molecular formula is C38H41ClFN9O5S. The van der Waals surface area contributed by atoms with E-state index in [2.05, 4.69) is 30.3 Å². The summed E-state index contributed by atoms with van der Waals surface area (Å²) in [6.45, 7) is 4.61. The number of amides is 2. The molecule has 14 nitrogen and oxygen atoms in total. The number of hydrogen-bond acceptors (Lipinski definition) is 10. The van der Waals surface area contributed by atoms with E-state index >= 15 is 4.39 Å². The van der Waals surface area contributed by atoms with Gasteiger partial charge in [-0.25, -0.2) is 22.8 Å². The summed E-state index contributed by atoms with van der Waals surface area (Å²) in [6.07, 6.45) is 4.85. The lowest BCUT2D eigenvalue weighted by atomic mass is 9.90. The molecule has 6 heterocycles. The SMILES string of the molecule is Cc1nn(C)cc1-c1nc2ncc(Cl)c(Oc3ccc(S(=O)(=O)N4CCN(CC5(F)CCN(c6ccc([C@@H]7CCC(=O)NC7=O)cc6)CC5)CC4)cc3)c2[nH]1. The zero-order valence-electron chi connectivity index (χ0n) is 30.5. The van der Waals surface area contributed by atoms with Gasteiger partial charge >= 0.3 is 0 Å². The number of rotatable bonds is 9. The molecule has 0 saturated carbocycles. The van der Waals surface area contributed by atoms with Crippen molar-refractivity contribution in [1.82, 2.24) is 39.3 Å². The zero-order valence-corrected chi connectivity index (χ0v) is 32.0. The van der Waals surface area contributed by atoms with Crippen molar-refractivity contribution >= 4 is 50.3 Å². The Bertz CT molecular complexity index is 2350. The molecule has 3 fully saturated rings. The number of imidazole rings is 1. The highest BCUT2D eigenvalue weighted by molar-refractivity contribution is 7.89. The van der Waals surface area contributed by atoms with Gasteiger partial charge in [-0.2, -0.15) is 9.40 Å². The minimum Gasteiger partial charge on any atom is -0.453 e. The van der Waals surface area contributed by atoms with E-state index in [0.717, 1.165) is 22.5 Å². The minimum atomic E-state index is -3.80. The highest BCUT2D eigenvalue weighted by Gasteiger charge is 2.38. The molecule has 17 heteroatoms. The molecule has 8 rings (SSSR count). The second-order valence-corrected chi connectivity index (χ2v) is 16.9. The predicted octanol–water partition coefficient (Wildman–Crippen LogP) is 4.95. The number of piperidine rings is 2.